The maximum Gasteiger partial charge on any atom is 0.322 e. The van der Waals surface area contributed by atoms with Crippen LogP contribution in [-0.4, -0.2) is 46.7 Å². The van der Waals surface area contributed by atoms with E-state index in [9.17, 15) is 4.79 Å². The molecule has 2 atom stereocenters. The van der Waals surface area contributed by atoms with Crippen molar-refractivity contribution in [3.05, 3.63) is 5.89 Å². The zero-order valence-corrected chi connectivity index (χ0v) is 11.4. The first kappa shape index (κ1) is 14.0. The van der Waals surface area contributed by atoms with Gasteiger partial charge < -0.3 is 10.2 Å². The lowest BCUT2D eigenvalue weighted by Crippen LogP contribution is -2.51. The lowest BCUT2D eigenvalue weighted by molar-refractivity contribution is -0.118. The molecule has 19 heavy (non-hydrogen) atoms. The molecule has 3 N–H and O–H groups in total. The Kier molecular flexibility index (Phi) is 4.49. The van der Waals surface area contributed by atoms with E-state index in [2.05, 4.69) is 27.3 Å². The van der Waals surface area contributed by atoms with E-state index in [1.807, 2.05) is 0 Å². The monoisotopic (exact) mass is 267 g/mol. The van der Waals surface area contributed by atoms with Crippen molar-refractivity contribution >= 4 is 11.9 Å². The molecule has 7 heteroatoms. The van der Waals surface area contributed by atoms with E-state index in [4.69, 9.17) is 10.2 Å². The number of anilines is 1. The Bertz CT molecular complexity index is 434. The van der Waals surface area contributed by atoms with Crippen LogP contribution in [0.2, 0.25) is 0 Å². The quantitative estimate of drug-likeness (QED) is 0.818. The van der Waals surface area contributed by atoms with Crippen LogP contribution in [-0.2, 0) is 4.79 Å². The van der Waals surface area contributed by atoms with Crippen LogP contribution in [0, 0.1) is 12.8 Å². The number of likely N-dealkylation sites (tertiary alicyclic amines) is 1. The van der Waals surface area contributed by atoms with Gasteiger partial charge in [0, 0.05) is 19.5 Å². The summed E-state index contributed by atoms with van der Waals surface area (Å²) in [7, 11) is 0. The van der Waals surface area contributed by atoms with Crippen LogP contribution in [0.5, 0.6) is 0 Å². The number of nitrogens with zero attached hydrogens (tertiary/aromatic N) is 3. The van der Waals surface area contributed by atoms with E-state index >= 15 is 0 Å². The SMILES string of the molecule is Cc1nnc(NC(=O)CN2CCCC(C)C2CN)o1. The molecular formula is C12H21N5O2. The summed E-state index contributed by atoms with van der Waals surface area (Å²) in [5.41, 5.74) is 5.80. The number of carbonyl (C=O) groups is 1. The summed E-state index contributed by atoms with van der Waals surface area (Å²) >= 11 is 0. The zero-order chi connectivity index (χ0) is 13.8. The van der Waals surface area contributed by atoms with Gasteiger partial charge in [0.25, 0.3) is 0 Å². The van der Waals surface area contributed by atoms with Gasteiger partial charge in [-0.05, 0) is 25.3 Å². The van der Waals surface area contributed by atoms with Gasteiger partial charge in [-0.1, -0.05) is 12.0 Å². The molecule has 2 heterocycles. The maximum absolute atomic E-state index is 11.9. The molecule has 106 valence electrons. The molecular weight excluding hydrogens is 246 g/mol. The highest BCUT2D eigenvalue weighted by Crippen LogP contribution is 2.22. The van der Waals surface area contributed by atoms with Crippen molar-refractivity contribution in [3.63, 3.8) is 0 Å². The molecule has 1 amide bonds. The topological polar surface area (TPSA) is 97.3 Å². The molecule has 2 unspecified atom stereocenters. The van der Waals surface area contributed by atoms with Crippen LogP contribution in [0.15, 0.2) is 4.42 Å². The first-order valence-corrected chi connectivity index (χ1v) is 6.64. The van der Waals surface area contributed by atoms with Gasteiger partial charge in [-0.25, -0.2) is 0 Å². The average Bonchev–Trinajstić information content (AvgIpc) is 2.75. The van der Waals surface area contributed by atoms with Crippen molar-refractivity contribution in [2.24, 2.45) is 11.7 Å². The first-order chi connectivity index (χ1) is 9.10. The molecule has 1 aromatic rings. The molecule has 1 aromatic heterocycles. The highest BCUT2D eigenvalue weighted by molar-refractivity contribution is 5.90. The van der Waals surface area contributed by atoms with Gasteiger partial charge in [0.2, 0.25) is 11.8 Å². The Morgan fingerprint density at radius 1 is 1.58 bits per heavy atom. The second-order valence-corrected chi connectivity index (χ2v) is 5.07. The number of amides is 1. The third kappa shape index (κ3) is 3.51. The summed E-state index contributed by atoms with van der Waals surface area (Å²) in [6.45, 7) is 5.66. The largest absolute Gasteiger partial charge is 0.408 e. The Labute approximate surface area is 112 Å². The van der Waals surface area contributed by atoms with Crippen molar-refractivity contribution in [2.45, 2.75) is 32.7 Å². The van der Waals surface area contributed by atoms with E-state index in [0.29, 0.717) is 24.9 Å². The third-order valence-electron chi connectivity index (χ3n) is 3.59. The highest BCUT2D eigenvalue weighted by atomic mass is 16.4. The summed E-state index contributed by atoms with van der Waals surface area (Å²) in [5, 5.41) is 10.0. The smallest absolute Gasteiger partial charge is 0.322 e. The standard InChI is InChI=1S/C12H21N5O2/c1-8-4-3-5-17(10(8)6-13)7-11(18)14-12-16-15-9(2)19-12/h8,10H,3-7,13H2,1-2H3,(H,14,16,18). The number of hydrogen-bond acceptors (Lipinski definition) is 6. The van der Waals surface area contributed by atoms with Crippen molar-refractivity contribution < 1.29 is 9.21 Å². The summed E-state index contributed by atoms with van der Waals surface area (Å²) in [6.07, 6.45) is 2.27. The normalized spacial score (nSPS) is 24.4. The van der Waals surface area contributed by atoms with Gasteiger partial charge in [0.05, 0.1) is 6.54 Å². The van der Waals surface area contributed by atoms with Crippen molar-refractivity contribution in [2.75, 3.05) is 25.0 Å². The summed E-state index contributed by atoms with van der Waals surface area (Å²) < 4.78 is 5.12. The fraction of sp³-hybridized carbons (Fsp3) is 0.750. The van der Waals surface area contributed by atoms with Gasteiger partial charge in [0.15, 0.2) is 0 Å². The number of carbonyl (C=O) groups excluding carboxylic acids is 1. The van der Waals surface area contributed by atoms with Crippen LogP contribution in [0.25, 0.3) is 0 Å². The van der Waals surface area contributed by atoms with Gasteiger partial charge >= 0.3 is 6.01 Å². The molecule has 7 nitrogen and oxygen atoms in total. The molecule has 1 aliphatic rings. The predicted molar refractivity (Wildman–Crippen MR) is 70.5 cm³/mol. The predicted octanol–water partition coefficient (Wildman–Crippen LogP) is 0.376. The van der Waals surface area contributed by atoms with Gasteiger partial charge in [0.1, 0.15) is 0 Å². The molecule has 1 aliphatic heterocycles. The minimum absolute atomic E-state index is 0.142. The lowest BCUT2D eigenvalue weighted by Gasteiger charge is -2.38. The van der Waals surface area contributed by atoms with E-state index in [1.165, 1.54) is 6.42 Å². The van der Waals surface area contributed by atoms with Crippen molar-refractivity contribution in [1.82, 2.24) is 15.1 Å². The average molecular weight is 267 g/mol. The van der Waals surface area contributed by atoms with E-state index < -0.39 is 0 Å². The van der Waals surface area contributed by atoms with E-state index in [0.717, 1.165) is 13.0 Å². The number of hydrogen-bond donors (Lipinski definition) is 2. The van der Waals surface area contributed by atoms with Gasteiger partial charge in [-0.2, -0.15) is 0 Å². The molecule has 0 saturated carbocycles. The molecule has 0 bridgehead atoms. The Morgan fingerprint density at radius 3 is 3.00 bits per heavy atom. The summed E-state index contributed by atoms with van der Waals surface area (Å²) in [6, 6.07) is 0.417. The molecule has 1 saturated heterocycles. The molecule has 1 fully saturated rings. The zero-order valence-electron chi connectivity index (χ0n) is 11.4. The number of rotatable bonds is 4. The van der Waals surface area contributed by atoms with Crippen LogP contribution in [0.4, 0.5) is 6.01 Å². The fourth-order valence-electron chi connectivity index (χ4n) is 2.60. The number of aryl methyl sites for hydroxylation is 1. The minimum atomic E-state index is -0.142. The van der Waals surface area contributed by atoms with E-state index in [1.54, 1.807) is 6.92 Å². The number of nitrogens with one attached hydrogen (secondary N) is 1. The summed E-state index contributed by atoms with van der Waals surface area (Å²) in [4.78, 5) is 14.1. The number of piperidine rings is 1. The minimum Gasteiger partial charge on any atom is -0.408 e. The van der Waals surface area contributed by atoms with Crippen LogP contribution in [0.1, 0.15) is 25.7 Å². The third-order valence-corrected chi connectivity index (χ3v) is 3.59. The molecule has 2 rings (SSSR count). The molecule has 0 aromatic carbocycles. The molecule has 0 aliphatic carbocycles. The van der Waals surface area contributed by atoms with Gasteiger partial charge in [-0.3, -0.25) is 15.0 Å². The second kappa shape index (κ2) is 6.12. The van der Waals surface area contributed by atoms with Crippen molar-refractivity contribution in [3.8, 4) is 0 Å². The fourth-order valence-corrected chi connectivity index (χ4v) is 2.60. The second-order valence-electron chi connectivity index (χ2n) is 5.07. The molecule has 0 radical (unpaired) electrons. The number of nitrogens with two attached hydrogens (primary N) is 1. The maximum atomic E-state index is 11.9. The van der Waals surface area contributed by atoms with Crippen molar-refractivity contribution in [1.29, 1.82) is 0 Å². The van der Waals surface area contributed by atoms with Crippen LogP contribution >= 0.6 is 0 Å². The number of aromatic nitrogens is 2. The highest BCUT2D eigenvalue weighted by Gasteiger charge is 2.28. The first-order valence-electron chi connectivity index (χ1n) is 6.64. The summed E-state index contributed by atoms with van der Waals surface area (Å²) in [5.74, 6) is 0.815. The van der Waals surface area contributed by atoms with Gasteiger partial charge in [-0.15, -0.1) is 5.10 Å². The van der Waals surface area contributed by atoms with Crippen LogP contribution in [0.3, 0.4) is 0 Å². The Hall–Kier alpha value is -1.47. The lowest BCUT2D eigenvalue weighted by atomic mass is 9.91. The van der Waals surface area contributed by atoms with Crippen LogP contribution < -0.4 is 11.1 Å². The molecule has 0 spiro atoms. The Morgan fingerprint density at radius 2 is 2.37 bits per heavy atom. The Balaban J connectivity index is 1.90. The van der Waals surface area contributed by atoms with E-state index in [-0.39, 0.29) is 18.0 Å².